The summed E-state index contributed by atoms with van der Waals surface area (Å²) in [7, 11) is -4.28. The molecule has 0 bridgehead atoms. The molecule has 4 rings (SSSR count). The second kappa shape index (κ2) is 6.53. The number of sulfone groups is 1. The van der Waals surface area contributed by atoms with Gasteiger partial charge in [0.2, 0.25) is 9.84 Å². The first-order valence-corrected chi connectivity index (χ1v) is 10.3. The Morgan fingerprint density at radius 3 is 2.52 bits per heavy atom. The van der Waals surface area contributed by atoms with E-state index in [1.54, 1.807) is 12.1 Å². The van der Waals surface area contributed by atoms with Crippen LogP contribution >= 0.6 is 0 Å². The molecule has 2 aromatic carbocycles. The Balaban J connectivity index is 1.79. The molecule has 2 aliphatic heterocycles. The van der Waals surface area contributed by atoms with E-state index >= 15 is 0 Å². The Kier molecular flexibility index (Phi) is 4.43. The Bertz CT molecular complexity index is 973. The van der Waals surface area contributed by atoms with Gasteiger partial charge in [-0.2, -0.15) is 13.2 Å². The zero-order chi connectivity index (χ0) is 19.2. The highest BCUT2D eigenvalue weighted by molar-refractivity contribution is 7.91. The molecule has 0 spiro atoms. The van der Waals surface area contributed by atoms with Crippen molar-refractivity contribution in [2.45, 2.75) is 40.8 Å². The minimum Gasteiger partial charge on any atom is -0.381 e. The van der Waals surface area contributed by atoms with Crippen LogP contribution < -0.4 is 10.6 Å². The van der Waals surface area contributed by atoms with Gasteiger partial charge in [-0.25, -0.2) is 8.42 Å². The summed E-state index contributed by atoms with van der Waals surface area (Å²) in [4.78, 5) is -0.805. The lowest BCUT2D eigenvalue weighted by atomic mass is 9.91. The Morgan fingerprint density at radius 1 is 1.00 bits per heavy atom. The van der Waals surface area contributed by atoms with Crippen molar-refractivity contribution in [2.24, 2.45) is 0 Å². The highest BCUT2D eigenvalue weighted by atomic mass is 32.2. The van der Waals surface area contributed by atoms with Gasteiger partial charge in [-0.15, -0.1) is 0 Å². The summed E-state index contributed by atoms with van der Waals surface area (Å²) in [6.07, 6.45) is -2.97. The normalized spacial score (nSPS) is 22.5. The van der Waals surface area contributed by atoms with E-state index in [2.05, 4.69) is 10.6 Å². The van der Waals surface area contributed by atoms with Crippen molar-refractivity contribution in [1.82, 2.24) is 5.32 Å². The maximum atomic E-state index is 13.3. The average Bonchev–Trinajstić information content (AvgIpc) is 2.81. The van der Waals surface area contributed by atoms with Gasteiger partial charge in [-0.05, 0) is 61.8 Å². The van der Waals surface area contributed by atoms with Crippen molar-refractivity contribution in [3.63, 3.8) is 0 Å². The van der Waals surface area contributed by atoms with Gasteiger partial charge in [-0.3, -0.25) is 0 Å². The second-order valence-electron chi connectivity index (χ2n) is 6.93. The maximum absolute atomic E-state index is 13.3. The molecule has 2 aromatic rings. The average molecular weight is 396 g/mol. The van der Waals surface area contributed by atoms with Gasteiger partial charge in [0.05, 0.1) is 15.4 Å². The second-order valence-corrected chi connectivity index (χ2v) is 8.85. The van der Waals surface area contributed by atoms with Crippen LogP contribution in [0.3, 0.4) is 0 Å². The molecule has 4 nitrogen and oxygen atoms in total. The van der Waals surface area contributed by atoms with Gasteiger partial charge in [0.25, 0.3) is 0 Å². The molecule has 0 saturated carbocycles. The topological polar surface area (TPSA) is 58.2 Å². The number of rotatable bonds is 2. The van der Waals surface area contributed by atoms with Gasteiger partial charge in [0.15, 0.2) is 0 Å². The van der Waals surface area contributed by atoms with E-state index in [-0.39, 0.29) is 16.9 Å². The number of fused-ring (bicyclic) bond motifs is 3. The first-order chi connectivity index (χ1) is 12.8. The predicted octanol–water partition coefficient (Wildman–Crippen LogP) is 3.80. The summed E-state index contributed by atoms with van der Waals surface area (Å²) >= 11 is 0. The summed E-state index contributed by atoms with van der Waals surface area (Å²) in [5, 5.41) is 6.73. The summed E-state index contributed by atoms with van der Waals surface area (Å²) < 4.78 is 65.9. The monoisotopic (exact) mass is 396 g/mol. The number of alkyl halides is 3. The van der Waals surface area contributed by atoms with Crippen molar-refractivity contribution in [2.75, 3.05) is 18.4 Å². The number of benzene rings is 2. The molecule has 0 aliphatic carbocycles. The quantitative estimate of drug-likeness (QED) is 0.811. The Morgan fingerprint density at radius 2 is 1.74 bits per heavy atom. The van der Waals surface area contributed by atoms with E-state index < -0.39 is 26.5 Å². The number of hydrogen-bond acceptors (Lipinski definition) is 4. The number of anilines is 1. The maximum Gasteiger partial charge on any atom is 0.417 e. The predicted molar refractivity (Wildman–Crippen MR) is 95.6 cm³/mol. The van der Waals surface area contributed by atoms with Gasteiger partial charge < -0.3 is 10.6 Å². The standard InChI is InChI=1S/C19H19F3N2O2S/c20-19(21,22)15-3-1-2-4-18(15)27(25,26)12-5-6-16-14(11-12)13-7-9-23-10-8-17(13)24-16/h1-6,11,13,17,23-24H,7-10H2/t13-,17?/m0/s1. The van der Waals surface area contributed by atoms with Crippen molar-refractivity contribution in [3.05, 3.63) is 53.6 Å². The van der Waals surface area contributed by atoms with Crippen LogP contribution in [-0.2, 0) is 16.0 Å². The van der Waals surface area contributed by atoms with E-state index in [0.717, 1.165) is 49.3 Å². The van der Waals surface area contributed by atoms with Gasteiger partial charge in [0, 0.05) is 17.6 Å². The van der Waals surface area contributed by atoms with Crippen molar-refractivity contribution < 1.29 is 21.6 Å². The molecule has 2 atom stereocenters. The number of nitrogens with one attached hydrogen (secondary N) is 2. The fourth-order valence-electron chi connectivity index (χ4n) is 4.00. The van der Waals surface area contributed by atoms with Gasteiger partial charge in [0.1, 0.15) is 0 Å². The van der Waals surface area contributed by atoms with E-state index in [9.17, 15) is 21.6 Å². The fraction of sp³-hybridized carbons (Fsp3) is 0.368. The van der Waals surface area contributed by atoms with Gasteiger partial charge >= 0.3 is 6.18 Å². The largest absolute Gasteiger partial charge is 0.417 e. The third-order valence-electron chi connectivity index (χ3n) is 5.31. The molecule has 27 heavy (non-hydrogen) atoms. The molecule has 144 valence electrons. The summed E-state index contributed by atoms with van der Waals surface area (Å²) in [5.74, 6) is 0.156. The van der Waals surface area contributed by atoms with Crippen LogP contribution in [0.5, 0.6) is 0 Å². The minimum atomic E-state index is -4.74. The fourth-order valence-corrected chi connectivity index (χ4v) is 5.51. The van der Waals surface area contributed by atoms with Crippen LogP contribution in [0.4, 0.5) is 18.9 Å². The molecule has 0 radical (unpaired) electrons. The lowest BCUT2D eigenvalue weighted by Gasteiger charge is -2.16. The van der Waals surface area contributed by atoms with E-state index in [1.165, 1.54) is 18.2 Å². The molecule has 8 heteroatoms. The number of halogens is 3. The lowest BCUT2D eigenvalue weighted by molar-refractivity contribution is -0.139. The van der Waals surface area contributed by atoms with Crippen LogP contribution in [0, 0.1) is 0 Å². The Hall–Kier alpha value is -2.06. The van der Waals surface area contributed by atoms with Crippen LogP contribution in [0.15, 0.2) is 52.3 Å². The third-order valence-corrected chi connectivity index (χ3v) is 7.12. The number of hydrogen-bond donors (Lipinski definition) is 2. The summed E-state index contributed by atoms with van der Waals surface area (Å²) in [5.41, 5.74) is 0.601. The third kappa shape index (κ3) is 3.21. The first-order valence-electron chi connectivity index (χ1n) is 8.81. The summed E-state index contributed by atoms with van der Waals surface area (Å²) in [6, 6.07) is 9.13. The molecule has 2 aliphatic rings. The molecule has 2 N–H and O–H groups in total. The summed E-state index contributed by atoms with van der Waals surface area (Å²) in [6.45, 7) is 1.71. The molecular weight excluding hydrogens is 377 g/mol. The minimum absolute atomic E-state index is 0.0994. The van der Waals surface area contributed by atoms with E-state index in [1.807, 2.05) is 0 Å². The van der Waals surface area contributed by atoms with Crippen LogP contribution in [0.25, 0.3) is 0 Å². The van der Waals surface area contributed by atoms with Crippen molar-refractivity contribution in [1.29, 1.82) is 0 Å². The molecule has 0 aromatic heterocycles. The SMILES string of the molecule is O=S(=O)(c1ccc2c(c1)[C@@H]1CCNCCC1N2)c1ccccc1C(F)(F)F. The Labute approximate surface area is 155 Å². The van der Waals surface area contributed by atoms with Crippen molar-refractivity contribution >= 4 is 15.5 Å². The molecular formula is C19H19F3N2O2S. The van der Waals surface area contributed by atoms with E-state index in [0.29, 0.717) is 0 Å². The van der Waals surface area contributed by atoms with Gasteiger partial charge in [-0.1, -0.05) is 12.1 Å². The highest BCUT2D eigenvalue weighted by Crippen LogP contribution is 2.42. The van der Waals surface area contributed by atoms with Crippen LogP contribution in [0.2, 0.25) is 0 Å². The molecule has 1 fully saturated rings. The highest BCUT2D eigenvalue weighted by Gasteiger charge is 2.38. The smallest absolute Gasteiger partial charge is 0.381 e. The van der Waals surface area contributed by atoms with Crippen molar-refractivity contribution in [3.8, 4) is 0 Å². The molecule has 1 unspecified atom stereocenters. The lowest BCUT2D eigenvalue weighted by Crippen LogP contribution is -2.21. The van der Waals surface area contributed by atoms with Crippen LogP contribution in [0.1, 0.15) is 29.9 Å². The zero-order valence-electron chi connectivity index (χ0n) is 14.4. The molecule has 0 amide bonds. The first kappa shape index (κ1) is 18.3. The molecule has 2 heterocycles. The molecule has 1 saturated heterocycles. The zero-order valence-corrected chi connectivity index (χ0v) is 15.2. The van der Waals surface area contributed by atoms with E-state index in [4.69, 9.17) is 0 Å². The van der Waals surface area contributed by atoms with Crippen LogP contribution in [-0.4, -0.2) is 27.5 Å².